The molecule has 1 heterocycles. The number of hydrogen-bond donors (Lipinski definition) is 0. The fourth-order valence-corrected chi connectivity index (χ4v) is 2.02. The number of hydrogen-bond acceptors (Lipinski definition) is 6. The van der Waals surface area contributed by atoms with Gasteiger partial charge in [-0.1, -0.05) is 12.1 Å². The summed E-state index contributed by atoms with van der Waals surface area (Å²) in [5.41, 5.74) is 1.59. The summed E-state index contributed by atoms with van der Waals surface area (Å²) in [5.74, 6) is 1.09. The van der Waals surface area contributed by atoms with Gasteiger partial charge in [0.2, 0.25) is 12.3 Å². The van der Waals surface area contributed by atoms with Crippen molar-refractivity contribution in [2.45, 2.75) is 0 Å². The Bertz CT molecular complexity index is 840. The molecule has 6 nitrogen and oxygen atoms in total. The molecule has 0 bridgehead atoms. The summed E-state index contributed by atoms with van der Waals surface area (Å²) in [6.45, 7) is 0. The molecule has 0 aliphatic carbocycles. The van der Waals surface area contributed by atoms with Crippen molar-refractivity contribution in [3.8, 4) is 23.0 Å². The van der Waals surface area contributed by atoms with Crippen molar-refractivity contribution in [3.05, 3.63) is 66.6 Å². The zero-order valence-electron chi connectivity index (χ0n) is 12.9. The first-order valence-corrected chi connectivity index (χ1v) is 7.15. The van der Waals surface area contributed by atoms with Crippen LogP contribution in [0, 0.1) is 0 Å². The highest BCUT2D eigenvalue weighted by molar-refractivity contribution is 5.88. The van der Waals surface area contributed by atoms with E-state index in [-0.39, 0.29) is 0 Å². The Morgan fingerprint density at radius 2 is 1.96 bits per heavy atom. The van der Waals surface area contributed by atoms with Gasteiger partial charge in [0.1, 0.15) is 11.5 Å². The lowest BCUT2D eigenvalue weighted by Crippen LogP contribution is -2.03. The van der Waals surface area contributed by atoms with E-state index < -0.39 is 5.97 Å². The van der Waals surface area contributed by atoms with Crippen LogP contribution in [0.15, 0.2) is 65.4 Å². The van der Waals surface area contributed by atoms with Crippen LogP contribution in [0.3, 0.4) is 0 Å². The van der Waals surface area contributed by atoms with E-state index in [0.717, 1.165) is 16.9 Å². The molecular weight excluding hydrogens is 308 g/mol. The van der Waals surface area contributed by atoms with Gasteiger partial charge < -0.3 is 13.9 Å². The largest absolute Gasteiger partial charge is 0.497 e. The van der Waals surface area contributed by atoms with Crippen molar-refractivity contribution < 1.29 is 18.7 Å². The summed E-state index contributed by atoms with van der Waals surface area (Å²) in [5, 5.41) is 7.42. The third kappa shape index (κ3) is 3.86. The molecule has 0 aliphatic rings. The molecular formula is C18H14N2O4. The van der Waals surface area contributed by atoms with E-state index in [2.05, 4.69) is 10.2 Å². The number of rotatable bonds is 5. The van der Waals surface area contributed by atoms with Crippen LogP contribution in [-0.4, -0.2) is 23.3 Å². The highest BCUT2D eigenvalue weighted by Gasteiger charge is 2.05. The van der Waals surface area contributed by atoms with Gasteiger partial charge in [0.05, 0.1) is 7.11 Å². The van der Waals surface area contributed by atoms with Gasteiger partial charge in [-0.15, -0.1) is 10.2 Å². The minimum Gasteiger partial charge on any atom is -0.497 e. The van der Waals surface area contributed by atoms with E-state index in [9.17, 15) is 4.79 Å². The molecule has 1 aromatic heterocycles. The minimum atomic E-state index is -0.469. The van der Waals surface area contributed by atoms with Gasteiger partial charge in [0.15, 0.2) is 0 Å². The molecule has 0 saturated heterocycles. The maximum absolute atomic E-state index is 11.9. The number of esters is 1. The molecule has 24 heavy (non-hydrogen) atoms. The van der Waals surface area contributed by atoms with Gasteiger partial charge in [-0.25, -0.2) is 4.79 Å². The quantitative estimate of drug-likeness (QED) is 0.407. The predicted molar refractivity (Wildman–Crippen MR) is 87.4 cm³/mol. The molecule has 0 unspecified atom stereocenters. The molecule has 0 aliphatic heterocycles. The van der Waals surface area contributed by atoms with E-state index in [1.165, 1.54) is 12.5 Å². The van der Waals surface area contributed by atoms with Gasteiger partial charge in [-0.2, -0.15) is 0 Å². The Hall–Kier alpha value is -3.41. The Morgan fingerprint density at radius 3 is 2.67 bits per heavy atom. The number of carbonyl (C=O) groups is 1. The topological polar surface area (TPSA) is 74.5 Å². The predicted octanol–water partition coefficient (Wildman–Crippen LogP) is 3.36. The lowest BCUT2D eigenvalue weighted by Gasteiger charge is -2.02. The van der Waals surface area contributed by atoms with E-state index in [1.807, 2.05) is 24.3 Å². The lowest BCUT2D eigenvalue weighted by atomic mass is 10.2. The van der Waals surface area contributed by atoms with Gasteiger partial charge >= 0.3 is 5.97 Å². The lowest BCUT2D eigenvalue weighted by molar-refractivity contribution is -0.128. The molecule has 120 valence electrons. The van der Waals surface area contributed by atoms with Crippen LogP contribution in [0.5, 0.6) is 11.5 Å². The molecule has 0 N–H and O–H groups in total. The summed E-state index contributed by atoms with van der Waals surface area (Å²) in [4.78, 5) is 11.9. The fraction of sp³-hybridized carbons (Fsp3) is 0.0556. The van der Waals surface area contributed by atoms with Gasteiger partial charge in [-0.05, 0) is 48.0 Å². The van der Waals surface area contributed by atoms with Gasteiger partial charge in [0.25, 0.3) is 0 Å². The van der Waals surface area contributed by atoms with E-state index in [1.54, 1.807) is 37.5 Å². The number of nitrogens with zero attached hydrogens (tertiary/aromatic N) is 2. The van der Waals surface area contributed by atoms with Crippen molar-refractivity contribution in [2.24, 2.45) is 0 Å². The summed E-state index contributed by atoms with van der Waals surface area (Å²) in [6, 6.07) is 14.2. The van der Waals surface area contributed by atoms with Gasteiger partial charge in [0, 0.05) is 11.6 Å². The molecule has 0 radical (unpaired) electrons. The maximum Gasteiger partial charge on any atom is 0.336 e. The van der Waals surface area contributed by atoms with Crippen molar-refractivity contribution in [3.63, 3.8) is 0 Å². The highest BCUT2D eigenvalue weighted by Crippen LogP contribution is 2.20. The summed E-state index contributed by atoms with van der Waals surface area (Å²) in [7, 11) is 1.59. The van der Waals surface area contributed by atoms with Crippen molar-refractivity contribution in [1.29, 1.82) is 0 Å². The van der Waals surface area contributed by atoms with E-state index in [4.69, 9.17) is 13.9 Å². The van der Waals surface area contributed by atoms with Crippen LogP contribution < -0.4 is 9.47 Å². The van der Waals surface area contributed by atoms with Gasteiger partial charge in [-0.3, -0.25) is 0 Å². The van der Waals surface area contributed by atoms with Crippen molar-refractivity contribution in [2.75, 3.05) is 7.11 Å². The third-order valence-corrected chi connectivity index (χ3v) is 3.19. The van der Waals surface area contributed by atoms with E-state index in [0.29, 0.717) is 11.6 Å². The maximum atomic E-state index is 11.9. The van der Waals surface area contributed by atoms with Crippen LogP contribution in [-0.2, 0) is 4.79 Å². The van der Waals surface area contributed by atoms with Crippen LogP contribution >= 0.6 is 0 Å². The minimum absolute atomic E-state index is 0.408. The molecule has 0 spiro atoms. The third-order valence-electron chi connectivity index (χ3n) is 3.19. The molecule has 0 saturated carbocycles. The zero-order chi connectivity index (χ0) is 16.8. The Morgan fingerprint density at radius 1 is 1.12 bits per heavy atom. The molecule has 6 heteroatoms. The fourth-order valence-electron chi connectivity index (χ4n) is 2.02. The number of ether oxygens (including phenoxy) is 2. The molecule has 0 amide bonds. The second-order valence-electron chi connectivity index (χ2n) is 4.80. The number of benzene rings is 2. The van der Waals surface area contributed by atoms with Crippen LogP contribution in [0.4, 0.5) is 0 Å². The SMILES string of the molecule is COc1cccc(/C=C/C(=O)Oc2ccc(-c3nnco3)cc2)c1. The molecule has 2 aromatic carbocycles. The van der Waals surface area contributed by atoms with Crippen molar-refractivity contribution >= 4 is 12.0 Å². The zero-order valence-corrected chi connectivity index (χ0v) is 12.9. The second kappa shape index (κ2) is 7.23. The standard InChI is InChI=1S/C18H14N2O4/c1-22-16-4-2-3-13(11-16)5-10-17(21)24-15-8-6-14(7-9-15)18-20-19-12-23-18/h2-12H,1H3/b10-5+. The normalized spacial score (nSPS) is 10.7. The van der Waals surface area contributed by atoms with Crippen LogP contribution in [0.1, 0.15) is 5.56 Å². The van der Waals surface area contributed by atoms with E-state index >= 15 is 0 Å². The molecule has 0 atom stereocenters. The molecule has 0 fully saturated rings. The smallest absolute Gasteiger partial charge is 0.336 e. The molecule has 3 aromatic rings. The summed E-state index contributed by atoms with van der Waals surface area (Å²) < 4.78 is 15.5. The second-order valence-corrected chi connectivity index (χ2v) is 4.80. The Kier molecular flexibility index (Phi) is 4.67. The number of carbonyl (C=O) groups excluding carboxylic acids is 1. The average molecular weight is 322 g/mol. The average Bonchev–Trinajstić information content (AvgIpc) is 3.15. The molecule has 3 rings (SSSR count). The first-order chi connectivity index (χ1) is 11.7. The summed E-state index contributed by atoms with van der Waals surface area (Å²) >= 11 is 0. The Labute approximate surface area is 138 Å². The first-order valence-electron chi connectivity index (χ1n) is 7.15. The summed E-state index contributed by atoms with van der Waals surface area (Å²) in [6.07, 6.45) is 4.28. The van der Waals surface area contributed by atoms with Crippen molar-refractivity contribution in [1.82, 2.24) is 10.2 Å². The first kappa shape index (κ1) is 15.5. The highest BCUT2D eigenvalue weighted by atomic mass is 16.5. The van der Waals surface area contributed by atoms with Crippen LogP contribution in [0.25, 0.3) is 17.5 Å². The Balaban J connectivity index is 1.63. The van der Waals surface area contributed by atoms with Crippen LogP contribution in [0.2, 0.25) is 0 Å². The number of aromatic nitrogens is 2. The number of methoxy groups -OCH3 is 1. The monoisotopic (exact) mass is 322 g/mol.